The fraction of sp³-hybridized carbons (Fsp3) is 0. The molecule has 4 nitrogen and oxygen atoms in total. The monoisotopic (exact) mass is 165 g/mol. The first kappa shape index (κ1) is 5800. The maximum Gasteiger partial charge on any atom is 2.00 e. The van der Waals surface area contributed by atoms with E-state index < -0.39 is 0 Å². The molecule has 0 amide bonds. The zero-order chi connectivity index (χ0) is 0. The van der Waals surface area contributed by atoms with Gasteiger partial charge in [-0.2, -0.15) is 0 Å². The Morgan fingerprint density at radius 3 is 0.429 bits per heavy atom. The second-order valence-electron chi connectivity index (χ2n) is 0. The Labute approximate surface area is 49.3 Å². The molecule has 0 fully saturated rings. The van der Waals surface area contributed by atoms with Gasteiger partial charge in [-0.3, -0.25) is 0 Å². The summed E-state index contributed by atoms with van der Waals surface area (Å²) in [5.41, 5.74) is 0. The molecule has 0 aliphatic carbocycles. The van der Waals surface area contributed by atoms with Gasteiger partial charge in [0.05, 0.1) is 0 Å². The molecule has 0 aromatic heterocycles. The molecular formula is H8F2MnO4. The van der Waals surface area contributed by atoms with Gasteiger partial charge in [-0.25, -0.2) is 0 Å². The zero-order valence-corrected chi connectivity index (χ0v) is 4.31. The third-order valence-corrected chi connectivity index (χ3v) is 0. The Kier molecular flexibility index (Phi) is 2910000. The first-order chi connectivity index (χ1) is 0. The smallest absolute Gasteiger partial charge is 1.00 e. The van der Waals surface area contributed by atoms with Crippen molar-refractivity contribution < 1.29 is 48.4 Å². The van der Waals surface area contributed by atoms with Crippen LogP contribution in [0.25, 0.3) is 0 Å². The minimum absolute atomic E-state index is 0. The van der Waals surface area contributed by atoms with Gasteiger partial charge in [0.25, 0.3) is 0 Å². The molecule has 0 atom stereocenters. The van der Waals surface area contributed by atoms with Gasteiger partial charge in [0.2, 0.25) is 0 Å². The molecule has 0 saturated heterocycles. The molecule has 0 rings (SSSR count). The second-order valence-corrected chi connectivity index (χ2v) is 0. The predicted octanol–water partition coefficient (Wildman–Crippen LogP) is -9.29. The minimum atomic E-state index is 0. The zero-order valence-electron chi connectivity index (χ0n) is 3.13. The molecule has 0 aromatic carbocycles. The van der Waals surface area contributed by atoms with Crippen molar-refractivity contribution in [1.29, 1.82) is 0 Å². The fourth-order valence-corrected chi connectivity index (χ4v) is 0. The second kappa shape index (κ2) is 3520. The summed E-state index contributed by atoms with van der Waals surface area (Å²) in [6.07, 6.45) is 0. The van der Waals surface area contributed by atoms with Crippen molar-refractivity contribution in [3.8, 4) is 0 Å². The van der Waals surface area contributed by atoms with Crippen molar-refractivity contribution in [3.63, 3.8) is 0 Å². The standard InChI is InChI=1S/2FH.Mn.4H2O/h2*1H;;4*1H2/q;;+2;;;;/p-2. The summed E-state index contributed by atoms with van der Waals surface area (Å²) in [6, 6.07) is 0. The van der Waals surface area contributed by atoms with Crippen LogP contribution in [0.4, 0.5) is 0 Å². The van der Waals surface area contributed by atoms with E-state index in [1.165, 1.54) is 0 Å². The summed E-state index contributed by atoms with van der Waals surface area (Å²) in [4.78, 5) is 0. The summed E-state index contributed by atoms with van der Waals surface area (Å²) in [5.74, 6) is 0. The van der Waals surface area contributed by atoms with E-state index in [1.807, 2.05) is 0 Å². The van der Waals surface area contributed by atoms with Crippen LogP contribution < -0.4 is 9.41 Å². The van der Waals surface area contributed by atoms with Crippen LogP contribution in [0, 0.1) is 0 Å². The Morgan fingerprint density at radius 2 is 0.429 bits per heavy atom. The van der Waals surface area contributed by atoms with E-state index in [1.54, 1.807) is 0 Å². The molecule has 1 radical (unpaired) electrons. The van der Waals surface area contributed by atoms with E-state index in [4.69, 9.17) is 0 Å². The molecular weight excluding hydrogens is 157 g/mol. The first-order valence-electron chi connectivity index (χ1n) is 0. The third kappa shape index (κ3) is 2300. The van der Waals surface area contributed by atoms with Gasteiger partial charge in [0, 0.05) is 0 Å². The Balaban J connectivity index is 0. The average molecular weight is 165 g/mol. The van der Waals surface area contributed by atoms with Crippen LogP contribution in [-0.2, 0) is 17.1 Å². The molecule has 7 heteroatoms. The van der Waals surface area contributed by atoms with Crippen LogP contribution in [0.15, 0.2) is 0 Å². The molecule has 0 aliphatic heterocycles. The molecule has 53 valence electrons. The van der Waals surface area contributed by atoms with Crippen LogP contribution in [0.3, 0.4) is 0 Å². The van der Waals surface area contributed by atoms with Gasteiger partial charge in [0.1, 0.15) is 0 Å². The molecule has 0 saturated carbocycles. The van der Waals surface area contributed by atoms with E-state index in [0.29, 0.717) is 0 Å². The van der Waals surface area contributed by atoms with Crippen LogP contribution in [0.2, 0.25) is 0 Å². The van der Waals surface area contributed by atoms with Crippen LogP contribution in [0.5, 0.6) is 0 Å². The van der Waals surface area contributed by atoms with Crippen molar-refractivity contribution >= 4 is 0 Å². The molecule has 0 spiro atoms. The maximum atomic E-state index is 0. The fourth-order valence-electron chi connectivity index (χ4n) is 0. The van der Waals surface area contributed by atoms with Crippen molar-refractivity contribution in [2.45, 2.75) is 0 Å². The van der Waals surface area contributed by atoms with Gasteiger partial charge < -0.3 is 31.3 Å². The van der Waals surface area contributed by atoms with E-state index in [9.17, 15) is 0 Å². The summed E-state index contributed by atoms with van der Waals surface area (Å²) >= 11 is 0. The Bertz CT molecular complexity index is 9.65. The molecule has 0 aliphatic rings. The average Bonchev–Trinajstić information content (AvgIpc) is 0. The summed E-state index contributed by atoms with van der Waals surface area (Å²) in [7, 11) is 0. The van der Waals surface area contributed by atoms with E-state index in [2.05, 4.69) is 0 Å². The molecule has 0 heterocycles. The van der Waals surface area contributed by atoms with Crippen molar-refractivity contribution in [3.05, 3.63) is 0 Å². The Morgan fingerprint density at radius 1 is 0.429 bits per heavy atom. The SMILES string of the molecule is O.O.O.O.[F-].[F-].[Mn+2]. The van der Waals surface area contributed by atoms with Gasteiger partial charge in [-0.1, -0.05) is 0 Å². The van der Waals surface area contributed by atoms with Crippen molar-refractivity contribution in [1.82, 2.24) is 0 Å². The Hall–Kier alpha value is 0.219. The maximum absolute atomic E-state index is 0. The molecule has 0 bridgehead atoms. The van der Waals surface area contributed by atoms with Crippen LogP contribution in [0.1, 0.15) is 0 Å². The van der Waals surface area contributed by atoms with Crippen molar-refractivity contribution in [2.24, 2.45) is 0 Å². The predicted molar refractivity (Wildman–Crippen MR) is 14.5 cm³/mol. The van der Waals surface area contributed by atoms with Gasteiger partial charge in [0.15, 0.2) is 0 Å². The topological polar surface area (TPSA) is 126 Å². The molecule has 8 N–H and O–H groups in total. The number of hydrogen-bond donors (Lipinski definition) is 0. The van der Waals surface area contributed by atoms with Crippen molar-refractivity contribution in [2.75, 3.05) is 0 Å². The summed E-state index contributed by atoms with van der Waals surface area (Å²) in [5, 5.41) is 0. The summed E-state index contributed by atoms with van der Waals surface area (Å²) in [6.45, 7) is 0. The van der Waals surface area contributed by atoms with Gasteiger partial charge in [-0.15, -0.1) is 0 Å². The first-order valence-corrected chi connectivity index (χ1v) is 0. The minimum Gasteiger partial charge on any atom is -1.00 e. The number of rotatable bonds is 0. The van der Waals surface area contributed by atoms with E-state index in [0.717, 1.165) is 0 Å². The summed E-state index contributed by atoms with van der Waals surface area (Å²) < 4.78 is 0. The normalized spacial score (nSPS) is 0. The number of halogens is 2. The molecule has 0 aromatic rings. The molecule has 0 unspecified atom stereocenters. The van der Waals surface area contributed by atoms with E-state index >= 15 is 0 Å². The largest absolute Gasteiger partial charge is 2.00 e. The van der Waals surface area contributed by atoms with Crippen LogP contribution in [-0.4, -0.2) is 21.9 Å². The quantitative estimate of drug-likeness (QED) is 0.316. The number of hydrogen-bond acceptors (Lipinski definition) is 0. The van der Waals surface area contributed by atoms with Crippen LogP contribution >= 0.6 is 0 Å². The third-order valence-electron chi connectivity index (χ3n) is 0. The van der Waals surface area contributed by atoms with Gasteiger partial charge in [-0.05, 0) is 0 Å². The van der Waals surface area contributed by atoms with Gasteiger partial charge >= 0.3 is 17.1 Å². The van der Waals surface area contributed by atoms with E-state index in [-0.39, 0.29) is 48.4 Å². The molecule has 7 heavy (non-hydrogen) atoms.